The van der Waals surface area contributed by atoms with Crippen molar-refractivity contribution in [3.8, 4) is 0 Å². The highest BCUT2D eigenvalue weighted by Crippen LogP contribution is 2.51. The topological polar surface area (TPSA) is 112 Å². The molecule has 0 unspecified atom stereocenters. The Kier molecular flexibility index (Phi) is 5.33. The normalized spacial score (nSPS) is 15.8. The Morgan fingerprint density at radius 3 is 2.45 bits per heavy atom. The molecule has 194 valence electrons. The summed E-state index contributed by atoms with van der Waals surface area (Å²) in [6.07, 6.45) is 3.01. The van der Waals surface area contributed by atoms with Crippen LogP contribution in [0.3, 0.4) is 0 Å². The molecule has 1 aliphatic carbocycles. The number of carbonyl (C=O) groups excluding carboxylic acids is 2. The number of halogens is 2. The van der Waals surface area contributed by atoms with E-state index in [1.807, 2.05) is 0 Å². The Morgan fingerprint density at radius 1 is 1.05 bits per heavy atom. The van der Waals surface area contributed by atoms with Gasteiger partial charge in [0.25, 0.3) is 11.8 Å². The van der Waals surface area contributed by atoms with Crippen LogP contribution in [-0.4, -0.2) is 61.0 Å². The molecule has 0 atom stereocenters. The second-order valence-corrected chi connectivity index (χ2v) is 9.77. The van der Waals surface area contributed by atoms with E-state index in [2.05, 4.69) is 10.1 Å². The molecule has 6 rings (SSSR count). The van der Waals surface area contributed by atoms with E-state index in [9.17, 15) is 28.3 Å². The van der Waals surface area contributed by atoms with E-state index in [4.69, 9.17) is 0 Å². The predicted octanol–water partition coefficient (Wildman–Crippen LogP) is 3.76. The average Bonchev–Trinajstić information content (AvgIpc) is 3.46. The van der Waals surface area contributed by atoms with Crippen molar-refractivity contribution in [1.29, 1.82) is 0 Å². The smallest absolute Gasteiger partial charge is 0.335 e. The molecule has 2 aromatic heterocycles. The van der Waals surface area contributed by atoms with Gasteiger partial charge in [0.2, 0.25) is 0 Å². The highest BCUT2D eigenvalue weighted by atomic mass is 19.2. The van der Waals surface area contributed by atoms with Crippen LogP contribution < -0.4 is 0 Å². The summed E-state index contributed by atoms with van der Waals surface area (Å²) in [5.74, 6) is -3.59. The van der Waals surface area contributed by atoms with Gasteiger partial charge in [-0.25, -0.2) is 13.6 Å². The summed E-state index contributed by atoms with van der Waals surface area (Å²) in [6, 6.07) is 10.1. The Bertz CT molecular complexity index is 1580. The second kappa shape index (κ2) is 8.51. The third-order valence-electron chi connectivity index (χ3n) is 7.62. The zero-order valence-electron chi connectivity index (χ0n) is 20.4. The van der Waals surface area contributed by atoms with Gasteiger partial charge in [-0.15, -0.1) is 0 Å². The van der Waals surface area contributed by atoms with Gasteiger partial charge in [0, 0.05) is 30.6 Å². The number of carboxylic acids is 1. The van der Waals surface area contributed by atoms with Crippen LogP contribution in [0.4, 0.5) is 8.78 Å². The number of nitrogens with zero attached hydrogens (tertiary/aromatic N) is 4. The Hall–Kier alpha value is -4.54. The number of nitrogens with one attached hydrogen (secondary N) is 1. The molecule has 0 radical (unpaired) electrons. The van der Waals surface area contributed by atoms with Gasteiger partial charge in [-0.3, -0.25) is 14.3 Å². The zero-order valence-corrected chi connectivity index (χ0v) is 20.4. The van der Waals surface area contributed by atoms with E-state index in [0.717, 1.165) is 30.5 Å². The Labute approximate surface area is 215 Å². The Morgan fingerprint density at radius 2 is 1.76 bits per heavy atom. The molecule has 38 heavy (non-hydrogen) atoms. The van der Waals surface area contributed by atoms with Gasteiger partial charge in [-0.1, -0.05) is 12.1 Å². The van der Waals surface area contributed by atoms with Crippen molar-refractivity contribution in [2.75, 3.05) is 13.6 Å². The fourth-order valence-electron chi connectivity index (χ4n) is 5.24. The highest BCUT2D eigenvalue weighted by Gasteiger charge is 2.50. The number of benzene rings is 2. The molecular weight excluding hydrogens is 496 g/mol. The number of hydrogen-bond donors (Lipinski definition) is 2. The number of hydrogen-bond acceptors (Lipinski definition) is 4. The lowest BCUT2D eigenvalue weighted by Gasteiger charge is -2.31. The third-order valence-corrected chi connectivity index (χ3v) is 7.62. The number of fused-ring (bicyclic) bond motifs is 2. The molecule has 2 N–H and O–H groups in total. The van der Waals surface area contributed by atoms with E-state index in [1.54, 1.807) is 33.7 Å². The lowest BCUT2D eigenvalue weighted by Crippen LogP contribution is -2.41. The molecular formula is C27H23F2N5O4. The summed E-state index contributed by atoms with van der Waals surface area (Å²) in [5, 5.41) is 13.9. The van der Waals surface area contributed by atoms with Crippen molar-refractivity contribution in [2.24, 2.45) is 0 Å². The minimum absolute atomic E-state index is 0.145. The van der Waals surface area contributed by atoms with Gasteiger partial charge in [-0.05, 0) is 42.7 Å². The van der Waals surface area contributed by atoms with Crippen molar-refractivity contribution in [3.05, 3.63) is 88.4 Å². The van der Waals surface area contributed by atoms with E-state index >= 15 is 0 Å². The lowest BCUT2D eigenvalue weighted by atomic mass is 10.0. The van der Waals surface area contributed by atoms with E-state index in [1.165, 1.54) is 24.4 Å². The predicted molar refractivity (Wildman–Crippen MR) is 132 cm³/mol. The SMILES string of the molecule is CN(C(=O)c1cnn2c1CN(C(=O)c1cc3cc(F)c(F)cc3[nH]1)CC2)C1(c2ccc(C(=O)O)cc2)CC1. The van der Waals surface area contributed by atoms with Crippen LogP contribution in [-0.2, 0) is 18.6 Å². The number of amides is 2. The first-order chi connectivity index (χ1) is 18.2. The molecule has 3 heterocycles. The number of aromatic amines is 1. The summed E-state index contributed by atoms with van der Waals surface area (Å²) < 4.78 is 28.9. The first-order valence-electron chi connectivity index (χ1n) is 12.1. The maximum atomic E-state index is 13.6. The molecule has 1 saturated carbocycles. The summed E-state index contributed by atoms with van der Waals surface area (Å²) in [4.78, 5) is 44.2. The standard InChI is InChI=1S/C27H23F2N5O4/c1-32(27(6-7-27)17-4-2-15(3-5-17)26(37)38)24(35)18-13-30-34-9-8-33(14-23(18)34)25(36)22-11-16-10-19(28)20(29)12-21(16)31-22/h2-5,10-13,31H,6-9,14H2,1H3,(H,37,38). The molecule has 0 bridgehead atoms. The van der Waals surface area contributed by atoms with Gasteiger partial charge in [0.15, 0.2) is 11.6 Å². The molecule has 0 spiro atoms. The van der Waals surface area contributed by atoms with Crippen LogP contribution in [0.1, 0.15) is 55.3 Å². The van der Waals surface area contributed by atoms with Crippen LogP contribution in [0, 0.1) is 11.6 Å². The minimum Gasteiger partial charge on any atom is -0.478 e. The van der Waals surface area contributed by atoms with Crippen molar-refractivity contribution in [3.63, 3.8) is 0 Å². The number of carbonyl (C=O) groups is 3. The van der Waals surface area contributed by atoms with E-state index in [-0.39, 0.29) is 29.6 Å². The van der Waals surface area contributed by atoms with Crippen LogP contribution in [0.5, 0.6) is 0 Å². The average molecular weight is 520 g/mol. The molecule has 9 nitrogen and oxygen atoms in total. The van der Waals surface area contributed by atoms with Crippen molar-refractivity contribution in [2.45, 2.75) is 31.5 Å². The van der Waals surface area contributed by atoms with E-state index in [0.29, 0.717) is 35.2 Å². The van der Waals surface area contributed by atoms with Gasteiger partial charge >= 0.3 is 5.97 Å². The van der Waals surface area contributed by atoms with Crippen LogP contribution in [0.15, 0.2) is 48.7 Å². The molecule has 1 fully saturated rings. The summed E-state index contributed by atoms with van der Waals surface area (Å²) in [5.41, 5.74) is 2.03. The number of carboxylic acid groups (broad SMARTS) is 1. The first-order valence-corrected chi connectivity index (χ1v) is 12.1. The van der Waals surface area contributed by atoms with Crippen LogP contribution in [0.2, 0.25) is 0 Å². The maximum Gasteiger partial charge on any atom is 0.335 e. The molecule has 11 heteroatoms. The summed E-state index contributed by atoms with van der Waals surface area (Å²) in [7, 11) is 1.72. The fourth-order valence-corrected chi connectivity index (χ4v) is 5.24. The third kappa shape index (κ3) is 3.73. The van der Waals surface area contributed by atoms with Gasteiger partial charge in [-0.2, -0.15) is 5.10 Å². The summed E-state index contributed by atoms with van der Waals surface area (Å²) >= 11 is 0. The van der Waals surface area contributed by atoms with Gasteiger partial charge in [0.05, 0.1) is 41.6 Å². The van der Waals surface area contributed by atoms with Crippen molar-refractivity contribution >= 4 is 28.7 Å². The van der Waals surface area contributed by atoms with Crippen LogP contribution in [0.25, 0.3) is 10.9 Å². The quantitative estimate of drug-likeness (QED) is 0.417. The molecule has 0 saturated heterocycles. The second-order valence-electron chi connectivity index (χ2n) is 9.77. The number of aromatic nitrogens is 3. The Balaban J connectivity index is 1.24. The monoisotopic (exact) mass is 519 g/mol. The minimum atomic E-state index is -1.01. The van der Waals surface area contributed by atoms with E-state index < -0.39 is 23.1 Å². The largest absolute Gasteiger partial charge is 0.478 e. The van der Waals surface area contributed by atoms with Gasteiger partial charge in [0.1, 0.15) is 5.69 Å². The molecule has 2 aromatic carbocycles. The summed E-state index contributed by atoms with van der Waals surface area (Å²) in [6.45, 7) is 0.893. The zero-order chi connectivity index (χ0) is 26.8. The number of H-pyrrole nitrogens is 1. The van der Waals surface area contributed by atoms with Crippen molar-refractivity contribution in [1.82, 2.24) is 24.6 Å². The molecule has 1 aliphatic heterocycles. The number of rotatable bonds is 5. The van der Waals surface area contributed by atoms with Gasteiger partial charge < -0.3 is 19.9 Å². The molecule has 4 aromatic rings. The molecule has 2 amide bonds. The fraction of sp³-hybridized carbons (Fsp3) is 0.259. The van der Waals surface area contributed by atoms with Crippen molar-refractivity contribution < 1.29 is 28.3 Å². The highest BCUT2D eigenvalue weighted by molar-refractivity contribution is 5.99. The maximum absolute atomic E-state index is 13.6. The first kappa shape index (κ1) is 23.8. The molecule has 2 aliphatic rings. The lowest BCUT2D eigenvalue weighted by molar-refractivity contribution is 0.0669. The number of aromatic carboxylic acids is 1. The van der Waals surface area contributed by atoms with Crippen LogP contribution >= 0.6 is 0 Å².